The molecule has 2 aromatic heterocycles. The second-order valence-corrected chi connectivity index (χ2v) is 14.5. The van der Waals surface area contributed by atoms with E-state index in [0.29, 0.717) is 0 Å². The summed E-state index contributed by atoms with van der Waals surface area (Å²) in [6.07, 6.45) is -4.90. The zero-order valence-corrected chi connectivity index (χ0v) is 26.1. The van der Waals surface area contributed by atoms with Gasteiger partial charge in [-0.1, -0.05) is 10.3 Å². The molecule has 46 heavy (non-hydrogen) atoms. The highest BCUT2D eigenvalue weighted by Crippen LogP contribution is 2.45. The number of alkyl halides is 8. The fourth-order valence-electron chi connectivity index (χ4n) is 3.71. The number of aromatic nitrogens is 5. The van der Waals surface area contributed by atoms with Gasteiger partial charge in [0.15, 0.2) is 34.8 Å². The van der Waals surface area contributed by atoms with Crippen LogP contribution in [0.1, 0.15) is 44.6 Å². The minimum atomic E-state index is -5.98. The number of hydrogen-bond donors (Lipinski definition) is 0. The van der Waals surface area contributed by atoms with Crippen LogP contribution >= 0.6 is 0 Å². The number of halogens is 9. The number of aryl methyl sites for hydroxylation is 3. The molecule has 2 aromatic rings. The van der Waals surface area contributed by atoms with Gasteiger partial charge in [-0.05, 0) is 34.6 Å². The van der Waals surface area contributed by atoms with Crippen LogP contribution in [0, 0.1) is 12.9 Å². The van der Waals surface area contributed by atoms with Crippen LogP contribution in [0.15, 0.2) is 10.3 Å². The molecule has 4 heterocycles. The second-order valence-electron chi connectivity index (χ2n) is 10.6. The number of nitrogens with zero attached hydrogens (tertiary/aromatic N) is 7. The van der Waals surface area contributed by atoms with Gasteiger partial charge >= 0.3 is 17.1 Å². The predicted molar refractivity (Wildman–Crippen MR) is 136 cm³/mol. The largest absolute Gasteiger partial charge is 0.416 e. The first-order chi connectivity index (χ1) is 20.6. The molecule has 2 atom stereocenters. The molecule has 2 aliphatic rings. The lowest BCUT2D eigenvalue weighted by Crippen LogP contribution is -2.42. The normalized spacial score (nSPS) is 21.2. The molecule has 0 spiro atoms. The Morgan fingerprint density at radius 3 is 1.61 bits per heavy atom. The molecular weight excluding hydrogens is 697 g/mol. The number of oxime groups is 2. The lowest BCUT2D eigenvalue weighted by molar-refractivity contribution is -0.0584. The van der Waals surface area contributed by atoms with Gasteiger partial charge in [0.1, 0.15) is 0 Å². The third-order valence-electron chi connectivity index (χ3n) is 6.22. The van der Waals surface area contributed by atoms with Gasteiger partial charge in [-0.2, -0.15) is 45.7 Å². The molecule has 2 unspecified atom stereocenters. The van der Waals surface area contributed by atoms with Crippen LogP contribution in [0.5, 0.6) is 5.88 Å². The van der Waals surface area contributed by atoms with Crippen molar-refractivity contribution >= 4 is 29.8 Å². The summed E-state index contributed by atoms with van der Waals surface area (Å²) in [6.45, 7) is 1.99. The molecule has 0 saturated heterocycles. The van der Waals surface area contributed by atoms with Crippen molar-refractivity contribution in [3.63, 3.8) is 0 Å². The summed E-state index contributed by atoms with van der Waals surface area (Å²) in [5, 5.41) is 2.77. The predicted octanol–water partition coefficient (Wildman–Crippen LogP) is 3.13. The molecule has 260 valence electrons. The molecule has 0 fully saturated rings. The highest BCUT2D eigenvalue weighted by molar-refractivity contribution is 8.07. The third kappa shape index (κ3) is 5.97. The zero-order valence-electron chi connectivity index (χ0n) is 24.4. The van der Waals surface area contributed by atoms with E-state index in [1.807, 2.05) is 0 Å². The molecule has 0 aromatic carbocycles. The van der Waals surface area contributed by atoms with Gasteiger partial charge in [-0.25, -0.2) is 30.3 Å². The van der Waals surface area contributed by atoms with Crippen molar-refractivity contribution in [2.45, 2.75) is 75.3 Å². The van der Waals surface area contributed by atoms with Crippen LogP contribution in [-0.2, 0) is 54.0 Å². The fraction of sp³-hybridized carbons (Fsp3) is 0.667. The van der Waals surface area contributed by atoms with Gasteiger partial charge in [0.2, 0.25) is 21.9 Å². The van der Waals surface area contributed by atoms with Gasteiger partial charge in [0.25, 0.3) is 19.7 Å². The maximum atomic E-state index is 14.5. The van der Waals surface area contributed by atoms with Crippen molar-refractivity contribution in [3.05, 3.63) is 22.9 Å². The molecule has 0 saturated carbocycles. The summed E-state index contributed by atoms with van der Waals surface area (Å²) in [5.74, 6) is -3.61. The van der Waals surface area contributed by atoms with Crippen LogP contribution in [0.4, 0.5) is 39.5 Å². The average molecular weight is 722 g/mol. The van der Waals surface area contributed by atoms with E-state index < -0.39 is 93.5 Å². The molecule has 0 bridgehead atoms. The van der Waals surface area contributed by atoms with Crippen molar-refractivity contribution in [2.24, 2.45) is 24.4 Å². The molecule has 14 nitrogen and oxygen atoms in total. The quantitative estimate of drug-likeness (QED) is 0.404. The summed E-state index contributed by atoms with van der Waals surface area (Å²) in [4.78, 5) is 9.83. The fourth-order valence-corrected chi connectivity index (χ4v) is 6.51. The minimum absolute atomic E-state index is 0.157. The minimum Gasteiger partial charge on any atom is -0.416 e. The summed E-state index contributed by atoms with van der Waals surface area (Å²) >= 11 is 0. The number of sulfone groups is 2. The van der Waals surface area contributed by atoms with Gasteiger partial charge < -0.3 is 14.4 Å². The third-order valence-corrected chi connectivity index (χ3v) is 9.64. The first-order valence-corrected chi connectivity index (χ1v) is 15.2. The van der Waals surface area contributed by atoms with Crippen molar-refractivity contribution in [3.8, 4) is 5.88 Å². The van der Waals surface area contributed by atoms with E-state index >= 15 is 0 Å². The van der Waals surface area contributed by atoms with Crippen LogP contribution in [0.3, 0.4) is 0 Å². The summed E-state index contributed by atoms with van der Waals surface area (Å²) in [7, 11) is -9.37. The number of rotatable bonds is 6. The van der Waals surface area contributed by atoms with E-state index in [2.05, 4.69) is 40.0 Å². The maximum absolute atomic E-state index is 14.5. The standard InChI is InChI=1S/C11H11F6N3O4S.C10H13F3N4O3S/c1-10(2)5(12)7(19-24-10)25(21,22)11(16,17)4-6(13)18-20(3)8(4)23-9(14)15;1-5-7(15-17(4)14-5)10(12,13)21(18,19)8-6(11)9(2,3)20-16-8/h5,9H,1-3H3;6H,1-4H3. The molecule has 0 N–H and O–H groups in total. The van der Waals surface area contributed by atoms with Gasteiger partial charge in [-0.3, -0.25) is 0 Å². The van der Waals surface area contributed by atoms with Gasteiger partial charge in [0.05, 0.1) is 5.69 Å². The summed E-state index contributed by atoms with van der Waals surface area (Å²) < 4.78 is 176. The van der Waals surface area contributed by atoms with Crippen molar-refractivity contribution in [2.75, 3.05) is 0 Å². The van der Waals surface area contributed by atoms with E-state index in [-0.39, 0.29) is 10.4 Å². The number of ether oxygens (including phenoxy) is 1. The molecule has 0 radical (unpaired) electrons. The first-order valence-electron chi connectivity index (χ1n) is 12.3. The Hall–Kier alpha value is -3.64. The van der Waals surface area contributed by atoms with Crippen LogP contribution < -0.4 is 4.74 Å². The second kappa shape index (κ2) is 11.6. The molecular formula is C21H24F9N7O7S2. The summed E-state index contributed by atoms with van der Waals surface area (Å²) in [6, 6.07) is 0. The van der Waals surface area contributed by atoms with Crippen molar-refractivity contribution < 1.29 is 70.8 Å². The molecule has 2 aliphatic heterocycles. The Morgan fingerprint density at radius 2 is 1.26 bits per heavy atom. The maximum Gasteiger partial charge on any atom is 0.396 e. The Morgan fingerprint density at radius 1 is 0.826 bits per heavy atom. The average Bonchev–Trinajstić information content (AvgIpc) is 3.57. The Labute approximate surface area is 254 Å². The van der Waals surface area contributed by atoms with E-state index in [4.69, 9.17) is 0 Å². The lowest BCUT2D eigenvalue weighted by Gasteiger charge is -2.20. The monoisotopic (exact) mass is 721 g/mol. The van der Waals surface area contributed by atoms with Crippen LogP contribution in [0.2, 0.25) is 0 Å². The van der Waals surface area contributed by atoms with E-state index in [1.54, 1.807) is 0 Å². The number of hydrogen-bond acceptors (Lipinski definition) is 12. The van der Waals surface area contributed by atoms with E-state index in [0.717, 1.165) is 25.7 Å². The molecule has 4 rings (SSSR count). The highest BCUT2D eigenvalue weighted by Gasteiger charge is 2.62. The Bertz CT molecular complexity index is 1790. The highest BCUT2D eigenvalue weighted by atomic mass is 32.2. The van der Waals surface area contributed by atoms with Gasteiger partial charge in [-0.15, -0.1) is 5.10 Å². The molecule has 0 amide bonds. The Balaban J connectivity index is 0.000000254. The summed E-state index contributed by atoms with van der Waals surface area (Å²) in [5.41, 5.74) is -6.93. The van der Waals surface area contributed by atoms with E-state index in [1.165, 1.54) is 27.8 Å². The molecule has 0 aliphatic carbocycles. The van der Waals surface area contributed by atoms with Gasteiger partial charge in [0, 0.05) is 14.1 Å². The van der Waals surface area contributed by atoms with Crippen LogP contribution in [0.25, 0.3) is 0 Å². The first kappa shape index (κ1) is 36.8. The smallest absolute Gasteiger partial charge is 0.396 e. The van der Waals surface area contributed by atoms with Crippen molar-refractivity contribution in [1.82, 2.24) is 24.8 Å². The zero-order chi connectivity index (χ0) is 35.6. The lowest BCUT2D eigenvalue weighted by atomic mass is 10.1. The molecule has 25 heteroatoms. The van der Waals surface area contributed by atoms with Crippen molar-refractivity contribution in [1.29, 1.82) is 0 Å². The van der Waals surface area contributed by atoms with E-state index in [9.17, 15) is 56.3 Å². The van der Waals surface area contributed by atoms with Crippen LogP contribution in [-0.4, -0.2) is 81.9 Å². The Kier molecular flexibility index (Phi) is 9.25. The topological polar surface area (TPSA) is 169 Å². The SMILES string of the molecule is Cc1nn(C)nc1C(F)(F)S(=O)(=O)C1=NOC(C)(C)C1F.Cn1nc(F)c(C(F)(F)S(=O)(=O)C2=NOC(C)(C)C2F)c1OC(F)F.